The molecule has 0 saturated heterocycles. The summed E-state index contributed by atoms with van der Waals surface area (Å²) in [6, 6.07) is 12.2. The summed E-state index contributed by atoms with van der Waals surface area (Å²) in [6.45, 7) is -0.581. The fourth-order valence-corrected chi connectivity index (χ4v) is 3.27. The standard InChI is InChI=1S/C18H19FN2O5S/c1-26-18(23)16(11-13-5-3-2-4-6-13)21-17(22)12-20-27(24,25)15-9-7-14(19)8-10-15/h2-10,16,20H,11-12H2,1H3,(H,21,22)/t16-/m0/s1. The number of nitrogens with one attached hydrogen (secondary N) is 2. The van der Waals surface area contributed by atoms with Gasteiger partial charge in [-0.25, -0.2) is 22.3 Å². The van der Waals surface area contributed by atoms with E-state index in [1.165, 1.54) is 7.11 Å². The zero-order valence-corrected chi connectivity index (χ0v) is 15.3. The molecule has 0 unspecified atom stereocenters. The van der Waals surface area contributed by atoms with Crippen LogP contribution >= 0.6 is 0 Å². The predicted octanol–water partition coefficient (Wildman–Crippen LogP) is 1.00. The SMILES string of the molecule is COC(=O)[C@H](Cc1ccccc1)NC(=O)CNS(=O)(=O)c1ccc(F)cc1. The van der Waals surface area contributed by atoms with Crippen LogP contribution in [0, 0.1) is 5.82 Å². The highest BCUT2D eigenvalue weighted by molar-refractivity contribution is 7.89. The Labute approximate surface area is 156 Å². The van der Waals surface area contributed by atoms with E-state index in [2.05, 4.69) is 14.8 Å². The first kappa shape index (κ1) is 20.5. The Bertz CT molecular complexity index is 886. The third-order valence-electron chi connectivity index (χ3n) is 3.65. The Balaban J connectivity index is 1.98. The number of esters is 1. The molecule has 0 aliphatic heterocycles. The molecule has 0 spiro atoms. The van der Waals surface area contributed by atoms with Gasteiger partial charge in [-0.1, -0.05) is 30.3 Å². The Morgan fingerprint density at radius 3 is 2.30 bits per heavy atom. The van der Waals surface area contributed by atoms with Crippen molar-refractivity contribution in [2.45, 2.75) is 17.4 Å². The molecule has 0 saturated carbocycles. The van der Waals surface area contributed by atoms with E-state index in [0.29, 0.717) is 0 Å². The van der Waals surface area contributed by atoms with Gasteiger partial charge in [0.1, 0.15) is 11.9 Å². The highest BCUT2D eigenvalue weighted by atomic mass is 32.2. The lowest BCUT2D eigenvalue weighted by molar-refractivity contribution is -0.144. The summed E-state index contributed by atoms with van der Waals surface area (Å²) in [4.78, 5) is 23.8. The smallest absolute Gasteiger partial charge is 0.328 e. The van der Waals surface area contributed by atoms with E-state index in [-0.39, 0.29) is 11.3 Å². The molecule has 0 heterocycles. The topological polar surface area (TPSA) is 102 Å². The summed E-state index contributed by atoms with van der Waals surface area (Å²) in [6.07, 6.45) is 0.198. The molecule has 1 atom stereocenters. The lowest BCUT2D eigenvalue weighted by Crippen LogP contribution is -2.47. The molecule has 0 radical (unpaired) electrons. The molecule has 7 nitrogen and oxygen atoms in total. The van der Waals surface area contributed by atoms with E-state index in [1.54, 1.807) is 24.3 Å². The Kier molecular flexibility index (Phi) is 7.03. The van der Waals surface area contributed by atoms with E-state index in [0.717, 1.165) is 29.8 Å². The van der Waals surface area contributed by atoms with Gasteiger partial charge < -0.3 is 10.1 Å². The molecule has 0 bridgehead atoms. The van der Waals surface area contributed by atoms with Crippen molar-refractivity contribution in [1.29, 1.82) is 0 Å². The second-order valence-electron chi connectivity index (χ2n) is 5.61. The number of hydrogen-bond donors (Lipinski definition) is 2. The van der Waals surface area contributed by atoms with E-state index in [4.69, 9.17) is 0 Å². The van der Waals surface area contributed by atoms with Crippen molar-refractivity contribution in [3.05, 3.63) is 66.0 Å². The molecule has 0 aliphatic rings. The average Bonchev–Trinajstić information content (AvgIpc) is 2.66. The number of rotatable bonds is 8. The second-order valence-corrected chi connectivity index (χ2v) is 7.38. The van der Waals surface area contributed by atoms with Crippen LogP contribution in [0.15, 0.2) is 59.5 Å². The van der Waals surface area contributed by atoms with Crippen LogP contribution in [0.25, 0.3) is 0 Å². The predicted molar refractivity (Wildman–Crippen MR) is 95.7 cm³/mol. The minimum Gasteiger partial charge on any atom is -0.467 e. The van der Waals surface area contributed by atoms with Crippen molar-refractivity contribution in [1.82, 2.24) is 10.0 Å². The Morgan fingerprint density at radius 2 is 1.70 bits per heavy atom. The Hall–Kier alpha value is -2.78. The molecule has 0 aromatic heterocycles. The van der Waals surface area contributed by atoms with E-state index in [9.17, 15) is 22.4 Å². The molecular weight excluding hydrogens is 375 g/mol. The third kappa shape index (κ3) is 6.15. The zero-order chi connectivity index (χ0) is 19.9. The number of benzene rings is 2. The number of amides is 1. The number of carbonyl (C=O) groups is 2. The normalized spacial score (nSPS) is 12.2. The lowest BCUT2D eigenvalue weighted by Gasteiger charge is -2.17. The summed E-state index contributed by atoms with van der Waals surface area (Å²) in [7, 11) is -2.79. The number of hydrogen-bond acceptors (Lipinski definition) is 5. The first-order valence-corrected chi connectivity index (χ1v) is 9.46. The van der Waals surface area contributed by atoms with Crippen LogP contribution < -0.4 is 10.0 Å². The van der Waals surface area contributed by atoms with Gasteiger partial charge in [0.25, 0.3) is 0 Å². The third-order valence-corrected chi connectivity index (χ3v) is 5.07. The molecule has 9 heteroatoms. The van der Waals surface area contributed by atoms with Gasteiger partial charge in [-0.3, -0.25) is 4.79 Å². The highest BCUT2D eigenvalue weighted by Crippen LogP contribution is 2.09. The number of carbonyl (C=O) groups excluding carboxylic acids is 2. The van der Waals surface area contributed by atoms with Crippen molar-refractivity contribution < 1.29 is 27.1 Å². The van der Waals surface area contributed by atoms with Crippen LogP contribution in [0.4, 0.5) is 4.39 Å². The summed E-state index contributed by atoms with van der Waals surface area (Å²) >= 11 is 0. The minimum atomic E-state index is -3.99. The van der Waals surface area contributed by atoms with E-state index >= 15 is 0 Å². The fraction of sp³-hybridized carbons (Fsp3) is 0.222. The van der Waals surface area contributed by atoms with Crippen LogP contribution in [-0.2, 0) is 30.8 Å². The highest BCUT2D eigenvalue weighted by Gasteiger charge is 2.23. The number of halogens is 1. The van der Waals surface area contributed by atoms with Gasteiger partial charge in [-0.2, -0.15) is 0 Å². The van der Waals surface area contributed by atoms with Crippen molar-refractivity contribution in [3.63, 3.8) is 0 Å². The number of ether oxygens (including phenoxy) is 1. The molecule has 2 aromatic rings. The molecule has 0 fully saturated rings. The molecule has 27 heavy (non-hydrogen) atoms. The molecule has 144 valence electrons. The maximum absolute atomic E-state index is 12.9. The fourth-order valence-electron chi connectivity index (χ4n) is 2.29. The van der Waals surface area contributed by atoms with Crippen LogP contribution in [0.2, 0.25) is 0 Å². The van der Waals surface area contributed by atoms with Gasteiger partial charge in [0.05, 0.1) is 18.6 Å². The zero-order valence-electron chi connectivity index (χ0n) is 14.5. The average molecular weight is 394 g/mol. The number of sulfonamides is 1. The summed E-state index contributed by atoms with van der Waals surface area (Å²) in [5.74, 6) is -1.92. The van der Waals surface area contributed by atoms with Gasteiger partial charge in [0.15, 0.2) is 0 Å². The lowest BCUT2D eigenvalue weighted by atomic mass is 10.1. The maximum Gasteiger partial charge on any atom is 0.328 e. The van der Waals surface area contributed by atoms with Crippen LogP contribution in [0.3, 0.4) is 0 Å². The van der Waals surface area contributed by atoms with Crippen molar-refractivity contribution in [2.75, 3.05) is 13.7 Å². The van der Waals surface area contributed by atoms with Crippen LogP contribution in [0.1, 0.15) is 5.56 Å². The summed E-state index contributed by atoms with van der Waals surface area (Å²) < 4.78 is 43.9. The first-order valence-electron chi connectivity index (χ1n) is 7.98. The Morgan fingerprint density at radius 1 is 1.07 bits per heavy atom. The van der Waals surface area contributed by atoms with Crippen molar-refractivity contribution in [3.8, 4) is 0 Å². The first-order chi connectivity index (χ1) is 12.8. The van der Waals surface area contributed by atoms with Crippen LogP contribution in [-0.4, -0.2) is 40.0 Å². The second kappa shape index (κ2) is 9.24. The number of methoxy groups -OCH3 is 1. The van der Waals surface area contributed by atoms with Gasteiger partial charge in [0.2, 0.25) is 15.9 Å². The quantitative estimate of drug-likeness (QED) is 0.651. The van der Waals surface area contributed by atoms with Gasteiger partial charge >= 0.3 is 5.97 Å². The van der Waals surface area contributed by atoms with E-state index < -0.39 is 40.3 Å². The van der Waals surface area contributed by atoms with Crippen LogP contribution in [0.5, 0.6) is 0 Å². The van der Waals surface area contributed by atoms with Gasteiger partial charge in [-0.15, -0.1) is 0 Å². The van der Waals surface area contributed by atoms with Gasteiger partial charge in [0, 0.05) is 6.42 Å². The van der Waals surface area contributed by atoms with E-state index in [1.807, 2.05) is 6.07 Å². The molecule has 2 aromatic carbocycles. The minimum absolute atomic E-state index is 0.175. The molecule has 2 N–H and O–H groups in total. The summed E-state index contributed by atoms with van der Waals surface area (Å²) in [5, 5.41) is 2.45. The molecule has 2 rings (SSSR count). The summed E-state index contributed by atoms with van der Waals surface area (Å²) in [5.41, 5.74) is 0.806. The molecule has 1 amide bonds. The maximum atomic E-state index is 12.9. The monoisotopic (exact) mass is 394 g/mol. The van der Waals surface area contributed by atoms with Gasteiger partial charge in [-0.05, 0) is 29.8 Å². The largest absolute Gasteiger partial charge is 0.467 e. The van der Waals surface area contributed by atoms with Crippen molar-refractivity contribution in [2.24, 2.45) is 0 Å². The molecular formula is C18H19FN2O5S. The van der Waals surface area contributed by atoms with Crippen molar-refractivity contribution >= 4 is 21.9 Å². The molecule has 0 aliphatic carbocycles.